The van der Waals surface area contributed by atoms with Crippen molar-refractivity contribution < 1.29 is 0 Å². The molecular weight excluding hydrogens is 258 g/mol. The Bertz CT molecular complexity index is 615. The quantitative estimate of drug-likeness (QED) is 0.861. The number of nitrogens with zero attached hydrogens (tertiary/aromatic N) is 3. The van der Waals surface area contributed by atoms with Gasteiger partial charge in [-0.25, -0.2) is 0 Å². The van der Waals surface area contributed by atoms with Gasteiger partial charge in [-0.1, -0.05) is 18.2 Å². The Morgan fingerprint density at radius 3 is 2.71 bits per heavy atom. The zero-order valence-electron chi connectivity index (χ0n) is 13.3. The van der Waals surface area contributed by atoms with Gasteiger partial charge in [-0.3, -0.25) is 4.98 Å². The number of likely N-dealkylation sites (tertiary alicyclic amines) is 1. The van der Waals surface area contributed by atoms with Gasteiger partial charge in [0.15, 0.2) is 0 Å². The van der Waals surface area contributed by atoms with Crippen molar-refractivity contribution in [1.82, 2.24) is 9.88 Å². The van der Waals surface area contributed by atoms with Crippen molar-refractivity contribution in [1.29, 1.82) is 0 Å². The Balaban J connectivity index is 1.82. The molecule has 1 aromatic heterocycles. The third-order valence-corrected chi connectivity index (χ3v) is 4.60. The Labute approximate surface area is 127 Å². The summed E-state index contributed by atoms with van der Waals surface area (Å²) in [4.78, 5) is 9.50. The van der Waals surface area contributed by atoms with E-state index in [1.54, 1.807) is 0 Å². The number of hydrogen-bond donors (Lipinski definition) is 0. The van der Waals surface area contributed by atoms with Crippen LogP contribution in [0.4, 0.5) is 5.69 Å². The highest BCUT2D eigenvalue weighted by Crippen LogP contribution is 2.27. The monoisotopic (exact) mass is 283 g/mol. The van der Waals surface area contributed by atoms with Crippen LogP contribution >= 0.6 is 0 Å². The van der Waals surface area contributed by atoms with Crippen molar-refractivity contribution in [3.05, 3.63) is 36.0 Å². The van der Waals surface area contributed by atoms with Crippen molar-refractivity contribution in [2.24, 2.45) is 5.92 Å². The van der Waals surface area contributed by atoms with E-state index in [4.69, 9.17) is 0 Å². The molecule has 0 aliphatic carbocycles. The number of pyridine rings is 1. The SMILES string of the molecule is Cc1cc(N(C)CC2CCN(C)CC2)c2ccccc2n1. The highest BCUT2D eigenvalue weighted by molar-refractivity contribution is 5.91. The van der Waals surface area contributed by atoms with E-state index in [1.165, 1.54) is 37.0 Å². The second kappa shape index (κ2) is 6.02. The number of anilines is 1. The molecule has 1 fully saturated rings. The second-order valence-corrected chi connectivity index (χ2v) is 6.43. The van der Waals surface area contributed by atoms with Crippen LogP contribution in [0.1, 0.15) is 18.5 Å². The van der Waals surface area contributed by atoms with Gasteiger partial charge in [0.25, 0.3) is 0 Å². The molecule has 0 radical (unpaired) electrons. The molecule has 0 saturated carbocycles. The first-order chi connectivity index (χ1) is 10.1. The van der Waals surface area contributed by atoms with Crippen molar-refractivity contribution in [3.8, 4) is 0 Å². The molecule has 0 amide bonds. The number of hydrogen-bond acceptors (Lipinski definition) is 3. The zero-order chi connectivity index (χ0) is 14.8. The molecule has 2 aromatic rings. The minimum absolute atomic E-state index is 0.804. The number of aromatic nitrogens is 1. The first-order valence-corrected chi connectivity index (χ1v) is 7.89. The molecule has 3 heteroatoms. The van der Waals surface area contributed by atoms with Gasteiger partial charge in [-0.05, 0) is 58.0 Å². The van der Waals surface area contributed by atoms with Gasteiger partial charge in [0.1, 0.15) is 0 Å². The summed E-state index contributed by atoms with van der Waals surface area (Å²) in [6.07, 6.45) is 2.62. The number of rotatable bonds is 3. The summed E-state index contributed by atoms with van der Waals surface area (Å²) < 4.78 is 0. The number of benzene rings is 1. The molecule has 0 N–H and O–H groups in total. The van der Waals surface area contributed by atoms with Crippen LogP contribution in [-0.2, 0) is 0 Å². The average Bonchev–Trinajstić information content (AvgIpc) is 2.48. The van der Waals surface area contributed by atoms with E-state index in [0.717, 1.165) is 23.7 Å². The molecule has 3 rings (SSSR count). The number of fused-ring (bicyclic) bond motifs is 1. The smallest absolute Gasteiger partial charge is 0.0726 e. The first kappa shape index (κ1) is 14.3. The Kier molecular flexibility index (Phi) is 4.11. The maximum atomic E-state index is 4.64. The lowest BCUT2D eigenvalue weighted by Gasteiger charge is -2.32. The largest absolute Gasteiger partial charge is 0.374 e. The number of piperidine rings is 1. The summed E-state index contributed by atoms with van der Waals surface area (Å²) in [5, 5.41) is 1.26. The van der Waals surface area contributed by atoms with E-state index < -0.39 is 0 Å². The molecule has 0 atom stereocenters. The summed E-state index contributed by atoms with van der Waals surface area (Å²) in [6, 6.07) is 10.7. The lowest BCUT2D eigenvalue weighted by Crippen LogP contribution is -2.35. The van der Waals surface area contributed by atoms with E-state index >= 15 is 0 Å². The molecule has 3 nitrogen and oxygen atoms in total. The van der Waals surface area contributed by atoms with Gasteiger partial charge in [0.05, 0.1) is 5.52 Å². The van der Waals surface area contributed by atoms with Gasteiger partial charge in [0, 0.05) is 30.4 Å². The average molecular weight is 283 g/mol. The summed E-state index contributed by atoms with van der Waals surface area (Å²) >= 11 is 0. The van der Waals surface area contributed by atoms with Crippen LogP contribution in [0.25, 0.3) is 10.9 Å². The van der Waals surface area contributed by atoms with Gasteiger partial charge in [-0.2, -0.15) is 0 Å². The summed E-state index contributed by atoms with van der Waals surface area (Å²) in [7, 11) is 4.44. The molecule has 0 unspecified atom stereocenters. The van der Waals surface area contributed by atoms with Crippen molar-refractivity contribution in [2.45, 2.75) is 19.8 Å². The van der Waals surface area contributed by atoms with Crippen LogP contribution in [0.3, 0.4) is 0 Å². The Hall–Kier alpha value is -1.61. The molecule has 1 aliphatic rings. The number of aryl methyl sites for hydroxylation is 1. The van der Waals surface area contributed by atoms with Gasteiger partial charge in [0.2, 0.25) is 0 Å². The minimum Gasteiger partial charge on any atom is -0.374 e. The molecule has 1 aromatic carbocycles. The molecule has 0 bridgehead atoms. The minimum atomic E-state index is 0.804. The fraction of sp³-hybridized carbons (Fsp3) is 0.500. The normalized spacial score (nSPS) is 17.3. The van der Waals surface area contributed by atoms with E-state index in [2.05, 4.69) is 66.1 Å². The van der Waals surface area contributed by atoms with E-state index in [1.807, 2.05) is 0 Å². The zero-order valence-corrected chi connectivity index (χ0v) is 13.3. The van der Waals surface area contributed by atoms with Crippen molar-refractivity contribution >= 4 is 16.6 Å². The highest BCUT2D eigenvalue weighted by Gasteiger charge is 2.19. The van der Waals surface area contributed by atoms with E-state index in [-0.39, 0.29) is 0 Å². The number of para-hydroxylation sites is 1. The molecule has 21 heavy (non-hydrogen) atoms. The highest BCUT2D eigenvalue weighted by atomic mass is 15.1. The molecular formula is C18H25N3. The van der Waals surface area contributed by atoms with Crippen LogP contribution in [0.2, 0.25) is 0 Å². The van der Waals surface area contributed by atoms with Crippen molar-refractivity contribution in [2.75, 3.05) is 38.6 Å². The van der Waals surface area contributed by atoms with Crippen molar-refractivity contribution in [3.63, 3.8) is 0 Å². The van der Waals surface area contributed by atoms with E-state index in [0.29, 0.717) is 0 Å². The Morgan fingerprint density at radius 1 is 1.24 bits per heavy atom. The third-order valence-electron chi connectivity index (χ3n) is 4.60. The van der Waals surface area contributed by atoms with Gasteiger partial charge in [-0.15, -0.1) is 0 Å². The molecule has 1 aliphatic heterocycles. The molecule has 1 saturated heterocycles. The van der Waals surface area contributed by atoms with Crippen LogP contribution in [0.15, 0.2) is 30.3 Å². The summed E-state index contributed by atoms with van der Waals surface area (Å²) in [6.45, 7) is 5.68. The lowest BCUT2D eigenvalue weighted by atomic mass is 9.96. The predicted octanol–water partition coefficient (Wildman–Crippen LogP) is 3.32. The summed E-state index contributed by atoms with van der Waals surface area (Å²) in [5.74, 6) is 0.804. The third kappa shape index (κ3) is 3.18. The Morgan fingerprint density at radius 2 is 1.95 bits per heavy atom. The first-order valence-electron chi connectivity index (χ1n) is 7.89. The second-order valence-electron chi connectivity index (χ2n) is 6.43. The van der Waals surface area contributed by atoms with Gasteiger partial charge < -0.3 is 9.80 Å². The van der Waals surface area contributed by atoms with Crippen LogP contribution in [0, 0.1) is 12.8 Å². The fourth-order valence-electron chi connectivity index (χ4n) is 3.33. The summed E-state index contributed by atoms with van der Waals surface area (Å²) in [5.41, 5.74) is 3.51. The maximum absolute atomic E-state index is 4.64. The van der Waals surface area contributed by atoms with Crippen LogP contribution in [0.5, 0.6) is 0 Å². The fourth-order valence-corrected chi connectivity index (χ4v) is 3.33. The van der Waals surface area contributed by atoms with Crippen LogP contribution in [-0.4, -0.2) is 43.6 Å². The lowest BCUT2D eigenvalue weighted by molar-refractivity contribution is 0.222. The topological polar surface area (TPSA) is 19.4 Å². The van der Waals surface area contributed by atoms with E-state index in [9.17, 15) is 0 Å². The molecule has 2 heterocycles. The standard InChI is InChI=1S/C18H25N3/c1-14-12-18(16-6-4-5-7-17(16)19-14)21(3)13-15-8-10-20(2)11-9-15/h4-7,12,15H,8-11,13H2,1-3H3. The predicted molar refractivity (Wildman–Crippen MR) is 90.0 cm³/mol. The van der Waals surface area contributed by atoms with Crippen LogP contribution < -0.4 is 4.90 Å². The molecule has 112 valence electrons. The molecule has 0 spiro atoms. The van der Waals surface area contributed by atoms with Gasteiger partial charge >= 0.3 is 0 Å². The maximum Gasteiger partial charge on any atom is 0.0726 e.